The van der Waals surface area contributed by atoms with Gasteiger partial charge in [-0.25, -0.2) is 8.42 Å². The maximum atomic E-state index is 13.1. The lowest BCUT2D eigenvalue weighted by Gasteiger charge is -2.30. The third kappa shape index (κ3) is 4.34. The second-order valence-corrected chi connectivity index (χ2v) is 9.23. The maximum Gasteiger partial charge on any atom is 0.416 e. The Balaban J connectivity index is 1.56. The third-order valence-electron chi connectivity index (χ3n) is 5.22. The van der Waals surface area contributed by atoms with E-state index in [-0.39, 0.29) is 10.5 Å². The first-order chi connectivity index (χ1) is 15.2. The highest BCUT2D eigenvalue weighted by Gasteiger charge is 2.31. The first-order valence-corrected chi connectivity index (χ1v) is 11.3. The molecule has 0 spiro atoms. The number of hydrogen-bond donors (Lipinski definition) is 1. The maximum absolute atomic E-state index is 13.1. The van der Waals surface area contributed by atoms with Gasteiger partial charge in [0.1, 0.15) is 0 Å². The summed E-state index contributed by atoms with van der Waals surface area (Å²) in [6, 6.07) is 17.0. The Morgan fingerprint density at radius 1 is 0.938 bits per heavy atom. The van der Waals surface area contributed by atoms with Crippen molar-refractivity contribution in [2.24, 2.45) is 0 Å². The van der Waals surface area contributed by atoms with Crippen LogP contribution in [0.5, 0.6) is 0 Å². The van der Waals surface area contributed by atoms with Crippen LogP contribution in [0.25, 0.3) is 0 Å². The molecule has 1 N–H and O–H groups in total. The number of carbonyl (C=O) groups excluding carboxylic acids is 1. The molecule has 0 saturated carbocycles. The molecule has 1 aliphatic heterocycles. The number of nitrogens with zero attached hydrogens (tertiary/aromatic N) is 1. The zero-order chi connectivity index (χ0) is 22.9. The van der Waals surface area contributed by atoms with Crippen molar-refractivity contribution in [1.82, 2.24) is 0 Å². The monoisotopic (exact) mass is 460 g/mol. The molecular formula is C23H19F3N2O3S. The van der Waals surface area contributed by atoms with E-state index in [1.165, 1.54) is 4.31 Å². The summed E-state index contributed by atoms with van der Waals surface area (Å²) < 4.78 is 65.6. The molecular weight excluding hydrogens is 441 g/mol. The van der Waals surface area contributed by atoms with Crippen LogP contribution in [0, 0.1) is 0 Å². The van der Waals surface area contributed by atoms with E-state index in [9.17, 15) is 26.4 Å². The number of sulfonamides is 1. The molecule has 0 saturated heterocycles. The lowest BCUT2D eigenvalue weighted by atomic mass is 10.0. The minimum Gasteiger partial charge on any atom is -0.322 e. The fourth-order valence-corrected chi connectivity index (χ4v) is 5.19. The summed E-state index contributed by atoms with van der Waals surface area (Å²) in [5.41, 5.74) is 1.01. The van der Waals surface area contributed by atoms with Crippen LogP contribution in [-0.2, 0) is 22.6 Å². The largest absolute Gasteiger partial charge is 0.416 e. The van der Waals surface area contributed by atoms with Crippen LogP contribution >= 0.6 is 0 Å². The van der Waals surface area contributed by atoms with Crippen molar-refractivity contribution in [2.75, 3.05) is 16.2 Å². The number of alkyl halides is 3. The summed E-state index contributed by atoms with van der Waals surface area (Å²) in [5.74, 6) is -0.553. The number of amides is 1. The van der Waals surface area contributed by atoms with Gasteiger partial charge >= 0.3 is 6.18 Å². The average Bonchev–Trinajstić information content (AvgIpc) is 2.78. The number of fused-ring (bicyclic) bond motifs is 1. The van der Waals surface area contributed by atoms with E-state index in [0.717, 1.165) is 29.8 Å². The number of hydrogen-bond acceptors (Lipinski definition) is 3. The fraction of sp³-hybridized carbons (Fsp3) is 0.174. The Kier molecular flexibility index (Phi) is 5.68. The van der Waals surface area contributed by atoms with Gasteiger partial charge in [0.15, 0.2) is 0 Å². The Morgan fingerprint density at radius 3 is 2.28 bits per heavy atom. The summed E-state index contributed by atoms with van der Waals surface area (Å²) in [5, 5.41) is 2.66. The first kappa shape index (κ1) is 21.9. The summed E-state index contributed by atoms with van der Waals surface area (Å²) >= 11 is 0. The molecule has 0 aromatic heterocycles. The smallest absolute Gasteiger partial charge is 0.322 e. The molecule has 0 atom stereocenters. The molecule has 3 aromatic rings. The molecule has 3 aromatic carbocycles. The van der Waals surface area contributed by atoms with Gasteiger partial charge in [-0.2, -0.15) is 13.2 Å². The van der Waals surface area contributed by atoms with Gasteiger partial charge in [-0.3, -0.25) is 9.10 Å². The van der Waals surface area contributed by atoms with E-state index in [0.29, 0.717) is 30.8 Å². The van der Waals surface area contributed by atoms with Crippen molar-refractivity contribution >= 4 is 27.3 Å². The predicted octanol–water partition coefficient (Wildman–Crippen LogP) is 5.10. The Hall–Kier alpha value is -3.33. The molecule has 0 fully saturated rings. The lowest BCUT2D eigenvalue weighted by molar-refractivity contribution is -0.137. The van der Waals surface area contributed by atoms with Gasteiger partial charge in [0, 0.05) is 17.8 Å². The molecule has 166 valence electrons. The van der Waals surface area contributed by atoms with Gasteiger partial charge in [-0.15, -0.1) is 0 Å². The average molecular weight is 460 g/mol. The molecule has 0 aliphatic carbocycles. The molecule has 0 radical (unpaired) electrons. The van der Waals surface area contributed by atoms with Crippen LogP contribution in [0.3, 0.4) is 0 Å². The minimum atomic E-state index is -4.47. The van der Waals surface area contributed by atoms with E-state index in [4.69, 9.17) is 0 Å². The second-order valence-electron chi connectivity index (χ2n) is 7.37. The van der Waals surface area contributed by atoms with E-state index in [1.807, 2.05) is 0 Å². The number of benzene rings is 3. The van der Waals surface area contributed by atoms with E-state index in [2.05, 4.69) is 5.32 Å². The van der Waals surface area contributed by atoms with Gasteiger partial charge < -0.3 is 5.32 Å². The molecule has 5 nitrogen and oxygen atoms in total. The molecule has 1 heterocycles. The van der Waals surface area contributed by atoms with Crippen molar-refractivity contribution < 1.29 is 26.4 Å². The molecule has 9 heteroatoms. The number of aryl methyl sites for hydroxylation is 1. The highest BCUT2D eigenvalue weighted by molar-refractivity contribution is 7.92. The van der Waals surface area contributed by atoms with Crippen LogP contribution in [0.4, 0.5) is 24.5 Å². The number of rotatable bonds is 4. The van der Waals surface area contributed by atoms with Crippen LogP contribution < -0.4 is 9.62 Å². The highest BCUT2D eigenvalue weighted by atomic mass is 32.2. The Bertz CT molecular complexity index is 1240. The number of carbonyl (C=O) groups is 1. The number of halogens is 3. The quantitative estimate of drug-likeness (QED) is 0.589. The van der Waals surface area contributed by atoms with Crippen LogP contribution in [-0.4, -0.2) is 20.9 Å². The molecule has 32 heavy (non-hydrogen) atoms. The molecule has 1 amide bonds. The molecule has 0 unspecified atom stereocenters. The normalized spacial score (nSPS) is 14.0. The molecule has 0 bridgehead atoms. The first-order valence-electron chi connectivity index (χ1n) is 9.85. The van der Waals surface area contributed by atoms with Gasteiger partial charge in [0.25, 0.3) is 15.9 Å². The van der Waals surface area contributed by atoms with E-state index >= 15 is 0 Å². The van der Waals surface area contributed by atoms with E-state index in [1.54, 1.807) is 48.5 Å². The SMILES string of the molecule is O=C(Nc1ccc2c(c1)CCCN2S(=O)(=O)c1ccccc1)c1ccc(C(F)(F)F)cc1. The molecule has 4 rings (SSSR count). The van der Waals surface area contributed by atoms with Gasteiger partial charge in [0.05, 0.1) is 16.1 Å². The predicted molar refractivity (Wildman–Crippen MR) is 115 cm³/mol. The summed E-state index contributed by atoms with van der Waals surface area (Å²) in [4.78, 5) is 12.7. The summed E-state index contributed by atoms with van der Waals surface area (Å²) in [7, 11) is -3.72. The van der Waals surface area contributed by atoms with Crippen molar-refractivity contribution in [2.45, 2.75) is 23.9 Å². The van der Waals surface area contributed by atoms with E-state index < -0.39 is 27.7 Å². The van der Waals surface area contributed by atoms with Crippen LogP contribution in [0.2, 0.25) is 0 Å². The standard InChI is InChI=1S/C23H19F3N2O3S/c24-23(25,26)18-10-8-16(9-11-18)22(29)27-19-12-13-21-17(15-19)5-4-14-28(21)32(30,31)20-6-2-1-3-7-20/h1-3,6-13,15H,4-5,14H2,(H,27,29). The highest BCUT2D eigenvalue weighted by Crippen LogP contribution is 2.34. The summed E-state index contributed by atoms with van der Waals surface area (Å²) in [6.45, 7) is 0.349. The Labute approximate surface area is 183 Å². The number of nitrogens with one attached hydrogen (secondary N) is 1. The number of anilines is 2. The zero-order valence-corrected chi connectivity index (χ0v) is 17.6. The molecule has 1 aliphatic rings. The minimum absolute atomic E-state index is 0.0870. The van der Waals surface area contributed by atoms with Crippen molar-refractivity contribution in [3.05, 3.63) is 89.5 Å². The van der Waals surface area contributed by atoms with Crippen molar-refractivity contribution in [3.8, 4) is 0 Å². The lowest BCUT2D eigenvalue weighted by Crippen LogP contribution is -2.35. The van der Waals surface area contributed by atoms with Gasteiger partial charge in [0.2, 0.25) is 0 Å². The van der Waals surface area contributed by atoms with Crippen molar-refractivity contribution in [3.63, 3.8) is 0 Å². The summed E-state index contributed by atoms with van der Waals surface area (Å²) in [6.07, 6.45) is -3.21. The van der Waals surface area contributed by atoms with Crippen molar-refractivity contribution in [1.29, 1.82) is 0 Å². The van der Waals surface area contributed by atoms with Gasteiger partial charge in [-0.1, -0.05) is 18.2 Å². The Morgan fingerprint density at radius 2 is 1.62 bits per heavy atom. The van der Waals surface area contributed by atoms with Crippen LogP contribution in [0.15, 0.2) is 77.7 Å². The fourth-order valence-electron chi connectivity index (χ4n) is 3.62. The zero-order valence-electron chi connectivity index (χ0n) is 16.8. The topological polar surface area (TPSA) is 66.5 Å². The van der Waals surface area contributed by atoms with Gasteiger partial charge in [-0.05, 0) is 73.0 Å². The third-order valence-corrected chi connectivity index (χ3v) is 7.05. The van der Waals surface area contributed by atoms with Crippen LogP contribution in [0.1, 0.15) is 27.9 Å². The second kappa shape index (κ2) is 8.31.